The number of ether oxygens (including phenoxy) is 2. The fraction of sp³-hybridized carbons (Fsp3) is 0.455. The summed E-state index contributed by atoms with van der Waals surface area (Å²) < 4.78 is 10.4. The summed E-state index contributed by atoms with van der Waals surface area (Å²) in [6.45, 7) is 0. The van der Waals surface area contributed by atoms with Crippen LogP contribution in [0.2, 0.25) is 0 Å². The molecule has 0 bridgehead atoms. The smallest absolute Gasteiger partial charge is 0.126 e. The van der Waals surface area contributed by atoms with Crippen LogP contribution in [0.4, 0.5) is 0 Å². The van der Waals surface area contributed by atoms with Gasteiger partial charge in [0.2, 0.25) is 0 Å². The molecule has 0 aliphatic heterocycles. The Labute approximate surface area is 83.3 Å². The van der Waals surface area contributed by atoms with E-state index in [-0.39, 0.29) is 6.10 Å². The van der Waals surface area contributed by atoms with Gasteiger partial charge in [-0.3, -0.25) is 0 Å². The van der Waals surface area contributed by atoms with Crippen molar-refractivity contribution in [3.8, 4) is 11.5 Å². The van der Waals surface area contributed by atoms with Crippen LogP contribution in [0.1, 0.15) is 23.7 Å². The molecule has 14 heavy (non-hydrogen) atoms. The number of benzene rings is 1. The molecule has 2 rings (SSSR count). The molecule has 0 radical (unpaired) electrons. The van der Waals surface area contributed by atoms with Crippen LogP contribution < -0.4 is 9.47 Å². The van der Waals surface area contributed by atoms with Crippen LogP contribution in [0.25, 0.3) is 0 Å². The first-order valence-corrected chi connectivity index (χ1v) is 4.69. The van der Waals surface area contributed by atoms with Gasteiger partial charge in [0, 0.05) is 11.6 Å². The van der Waals surface area contributed by atoms with E-state index in [1.165, 1.54) is 0 Å². The molecule has 0 fully saturated rings. The number of hydrogen-bond donors (Lipinski definition) is 1. The average molecular weight is 194 g/mol. The van der Waals surface area contributed by atoms with Crippen molar-refractivity contribution in [1.82, 2.24) is 0 Å². The standard InChI is InChI=1S/C11H14O3/c1-13-7-5-9-8(3-4-10(9)12)11(6-7)14-2/h5-6,10,12H,3-4H2,1-2H3. The minimum Gasteiger partial charge on any atom is -0.497 e. The van der Waals surface area contributed by atoms with E-state index in [0.717, 1.165) is 35.5 Å². The minimum absolute atomic E-state index is 0.367. The highest BCUT2D eigenvalue weighted by molar-refractivity contribution is 5.49. The minimum atomic E-state index is -0.367. The van der Waals surface area contributed by atoms with Crippen molar-refractivity contribution in [2.45, 2.75) is 18.9 Å². The Kier molecular flexibility index (Phi) is 2.33. The van der Waals surface area contributed by atoms with E-state index in [0.29, 0.717) is 0 Å². The van der Waals surface area contributed by atoms with E-state index in [1.54, 1.807) is 14.2 Å². The van der Waals surface area contributed by atoms with Gasteiger partial charge in [0.25, 0.3) is 0 Å². The van der Waals surface area contributed by atoms with Crippen LogP contribution >= 0.6 is 0 Å². The van der Waals surface area contributed by atoms with E-state index in [4.69, 9.17) is 9.47 Å². The molecule has 0 heterocycles. The van der Waals surface area contributed by atoms with Gasteiger partial charge in [0.05, 0.1) is 20.3 Å². The molecule has 1 aliphatic rings. The lowest BCUT2D eigenvalue weighted by Crippen LogP contribution is -1.95. The third-order valence-electron chi connectivity index (χ3n) is 2.70. The lowest BCUT2D eigenvalue weighted by Gasteiger charge is -2.11. The third kappa shape index (κ3) is 1.34. The lowest BCUT2D eigenvalue weighted by atomic mass is 10.1. The van der Waals surface area contributed by atoms with Crippen LogP contribution in [0.5, 0.6) is 11.5 Å². The van der Waals surface area contributed by atoms with Crippen molar-refractivity contribution in [2.24, 2.45) is 0 Å². The number of hydrogen-bond acceptors (Lipinski definition) is 3. The Morgan fingerprint density at radius 2 is 2.07 bits per heavy atom. The molecule has 1 aliphatic carbocycles. The lowest BCUT2D eigenvalue weighted by molar-refractivity contribution is 0.179. The van der Waals surface area contributed by atoms with E-state index in [1.807, 2.05) is 12.1 Å². The summed E-state index contributed by atoms with van der Waals surface area (Å²) in [4.78, 5) is 0. The van der Waals surface area contributed by atoms with Gasteiger partial charge in [0.1, 0.15) is 11.5 Å². The van der Waals surface area contributed by atoms with Crippen LogP contribution in [-0.2, 0) is 6.42 Å². The summed E-state index contributed by atoms with van der Waals surface area (Å²) in [6.07, 6.45) is 1.29. The highest BCUT2D eigenvalue weighted by Gasteiger charge is 2.24. The number of rotatable bonds is 2. The Bertz CT molecular complexity index is 347. The van der Waals surface area contributed by atoms with Crippen molar-refractivity contribution in [3.05, 3.63) is 23.3 Å². The quantitative estimate of drug-likeness (QED) is 0.778. The second-order valence-corrected chi connectivity index (χ2v) is 3.45. The van der Waals surface area contributed by atoms with Gasteiger partial charge >= 0.3 is 0 Å². The molecule has 1 N–H and O–H groups in total. The summed E-state index contributed by atoms with van der Waals surface area (Å²) in [7, 11) is 3.25. The van der Waals surface area contributed by atoms with Gasteiger partial charge in [-0.1, -0.05) is 0 Å². The molecule has 0 saturated carbocycles. The van der Waals surface area contributed by atoms with Gasteiger partial charge < -0.3 is 14.6 Å². The number of fused-ring (bicyclic) bond motifs is 1. The van der Waals surface area contributed by atoms with Crippen molar-refractivity contribution in [1.29, 1.82) is 0 Å². The van der Waals surface area contributed by atoms with E-state index < -0.39 is 0 Å². The highest BCUT2D eigenvalue weighted by atomic mass is 16.5. The molecular formula is C11H14O3. The SMILES string of the molecule is COc1cc(OC)c2c(c1)C(O)CC2. The highest BCUT2D eigenvalue weighted by Crippen LogP contribution is 2.39. The first kappa shape index (κ1) is 9.34. The van der Waals surface area contributed by atoms with Crippen LogP contribution in [0, 0.1) is 0 Å². The zero-order valence-electron chi connectivity index (χ0n) is 8.41. The predicted octanol–water partition coefficient (Wildman–Crippen LogP) is 1.68. The Balaban J connectivity index is 2.52. The van der Waals surface area contributed by atoms with Gasteiger partial charge in [0.15, 0.2) is 0 Å². The van der Waals surface area contributed by atoms with Crippen molar-refractivity contribution in [3.63, 3.8) is 0 Å². The predicted molar refractivity (Wildman–Crippen MR) is 52.8 cm³/mol. The summed E-state index contributed by atoms with van der Waals surface area (Å²) in [5.41, 5.74) is 2.06. The molecule has 3 heteroatoms. The summed E-state index contributed by atoms with van der Waals surface area (Å²) in [5, 5.41) is 9.71. The third-order valence-corrected chi connectivity index (χ3v) is 2.70. The van der Waals surface area contributed by atoms with Gasteiger partial charge in [-0.25, -0.2) is 0 Å². The van der Waals surface area contributed by atoms with Crippen LogP contribution in [-0.4, -0.2) is 19.3 Å². The van der Waals surface area contributed by atoms with Crippen molar-refractivity contribution >= 4 is 0 Å². The topological polar surface area (TPSA) is 38.7 Å². The van der Waals surface area contributed by atoms with Crippen LogP contribution in [0.15, 0.2) is 12.1 Å². The molecule has 1 atom stereocenters. The van der Waals surface area contributed by atoms with Crippen LogP contribution in [0.3, 0.4) is 0 Å². The Morgan fingerprint density at radius 1 is 1.29 bits per heavy atom. The molecule has 0 spiro atoms. The Morgan fingerprint density at radius 3 is 2.71 bits per heavy atom. The summed E-state index contributed by atoms with van der Waals surface area (Å²) >= 11 is 0. The first-order valence-electron chi connectivity index (χ1n) is 4.69. The fourth-order valence-corrected chi connectivity index (χ4v) is 1.94. The largest absolute Gasteiger partial charge is 0.497 e. The second-order valence-electron chi connectivity index (χ2n) is 3.45. The fourth-order valence-electron chi connectivity index (χ4n) is 1.94. The molecule has 0 amide bonds. The first-order chi connectivity index (χ1) is 6.76. The maximum absolute atomic E-state index is 9.71. The van der Waals surface area contributed by atoms with Gasteiger partial charge in [-0.2, -0.15) is 0 Å². The summed E-state index contributed by atoms with van der Waals surface area (Å²) in [5.74, 6) is 1.55. The van der Waals surface area contributed by atoms with Crippen molar-refractivity contribution in [2.75, 3.05) is 14.2 Å². The maximum atomic E-state index is 9.71. The second kappa shape index (κ2) is 3.50. The van der Waals surface area contributed by atoms with E-state index in [2.05, 4.69) is 0 Å². The van der Waals surface area contributed by atoms with Gasteiger partial charge in [-0.05, 0) is 24.5 Å². The maximum Gasteiger partial charge on any atom is 0.126 e. The number of methoxy groups -OCH3 is 2. The van der Waals surface area contributed by atoms with E-state index >= 15 is 0 Å². The number of aliphatic hydroxyl groups excluding tert-OH is 1. The molecular weight excluding hydrogens is 180 g/mol. The Hall–Kier alpha value is -1.22. The molecule has 76 valence electrons. The monoisotopic (exact) mass is 194 g/mol. The normalized spacial score (nSPS) is 19.2. The molecule has 1 aromatic rings. The molecule has 0 saturated heterocycles. The van der Waals surface area contributed by atoms with Crippen molar-refractivity contribution < 1.29 is 14.6 Å². The molecule has 1 unspecified atom stereocenters. The zero-order valence-corrected chi connectivity index (χ0v) is 8.41. The van der Waals surface area contributed by atoms with E-state index in [9.17, 15) is 5.11 Å². The van der Waals surface area contributed by atoms with Gasteiger partial charge in [-0.15, -0.1) is 0 Å². The average Bonchev–Trinajstić information content (AvgIpc) is 2.59. The number of aliphatic hydroxyl groups is 1. The molecule has 3 nitrogen and oxygen atoms in total. The zero-order chi connectivity index (χ0) is 10.1. The summed E-state index contributed by atoms with van der Waals surface area (Å²) in [6, 6.07) is 3.74. The molecule has 0 aromatic heterocycles. The molecule has 1 aromatic carbocycles.